The third-order valence-corrected chi connectivity index (χ3v) is 2.60. The number of nitrogens with zero attached hydrogens (tertiary/aromatic N) is 1. The van der Waals surface area contributed by atoms with E-state index in [0.29, 0.717) is 22.6 Å². The van der Waals surface area contributed by atoms with Crippen LogP contribution in [0.2, 0.25) is 0 Å². The molecular formula is C14H12N2O2. The molecule has 0 amide bonds. The molecule has 0 saturated carbocycles. The normalized spacial score (nSPS) is 9.83. The monoisotopic (exact) mass is 240 g/mol. The fraction of sp³-hybridized carbons (Fsp3) is 0.0714. The second-order valence-corrected chi connectivity index (χ2v) is 3.69. The summed E-state index contributed by atoms with van der Waals surface area (Å²) in [6.07, 6.45) is 0. The highest BCUT2D eigenvalue weighted by molar-refractivity contribution is 6.09. The Labute approximate surface area is 105 Å². The van der Waals surface area contributed by atoms with Gasteiger partial charge in [-0.05, 0) is 18.2 Å². The van der Waals surface area contributed by atoms with Gasteiger partial charge in [-0.15, -0.1) is 0 Å². The van der Waals surface area contributed by atoms with Crippen molar-refractivity contribution >= 4 is 11.5 Å². The van der Waals surface area contributed by atoms with Gasteiger partial charge in [-0.3, -0.25) is 4.79 Å². The number of methoxy groups -OCH3 is 1. The summed E-state index contributed by atoms with van der Waals surface area (Å²) in [5.74, 6) is 0.345. The summed E-state index contributed by atoms with van der Waals surface area (Å²) < 4.78 is 5.10. The lowest BCUT2D eigenvalue weighted by Crippen LogP contribution is -2.01. The number of ketones is 1. The van der Waals surface area contributed by atoms with Gasteiger partial charge in [0.2, 0.25) is 0 Å². The van der Waals surface area contributed by atoms with Crippen LogP contribution in [0.25, 0.3) is 0 Å². The fourth-order valence-electron chi connectivity index (χ4n) is 1.67. The molecule has 2 rings (SSSR count). The number of carbonyl (C=O) groups is 1. The number of hydrogen-bond acceptors (Lipinski definition) is 4. The molecule has 0 radical (unpaired) electrons. The lowest BCUT2D eigenvalue weighted by Gasteiger charge is -2.06. The molecule has 0 spiro atoms. The van der Waals surface area contributed by atoms with Gasteiger partial charge in [0, 0.05) is 11.1 Å². The van der Waals surface area contributed by atoms with E-state index in [9.17, 15) is 4.79 Å². The Morgan fingerprint density at radius 2 is 1.83 bits per heavy atom. The average molecular weight is 240 g/mol. The quantitative estimate of drug-likeness (QED) is 0.655. The molecule has 4 heteroatoms. The Balaban J connectivity index is 2.40. The molecule has 0 unspecified atom stereocenters. The molecule has 0 aliphatic rings. The average Bonchev–Trinajstić information content (AvgIpc) is 2.46. The molecule has 4 nitrogen and oxygen atoms in total. The first-order valence-corrected chi connectivity index (χ1v) is 5.41. The number of hydrogen-bond donors (Lipinski definition) is 1. The maximum absolute atomic E-state index is 12.2. The van der Waals surface area contributed by atoms with Gasteiger partial charge in [0.15, 0.2) is 5.78 Å². The van der Waals surface area contributed by atoms with Crippen molar-refractivity contribution in [2.24, 2.45) is 5.11 Å². The van der Waals surface area contributed by atoms with Crippen molar-refractivity contribution in [2.45, 2.75) is 0 Å². The summed E-state index contributed by atoms with van der Waals surface area (Å²) >= 11 is 0. The molecule has 0 saturated heterocycles. The first-order chi connectivity index (χ1) is 8.76. The van der Waals surface area contributed by atoms with E-state index in [2.05, 4.69) is 5.11 Å². The fourth-order valence-corrected chi connectivity index (χ4v) is 1.67. The van der Waals surface area contributed by atoms with Crippen LogP contribution in [0.15, 0.2) is 53.6 Å². The van der Waals surface area contributed by atoms with Gasteiger partial charge in [0.1, 0.15) is 11.4 Å². The number of rotatable bonds is 4. The third-order valence-electron chi connectivity index (χ3n) is 2.60. The topological polar surface area (TPSA) is 62.5 Å². The highest BCUT2D eigenvalue weighted by atomic mass is 16.5. The number of carbonyl (C=O) groups excluding carboxylic acids is 1. The van der Waals surface area contributed by atoms with Gasteiger partial charge < -0.3 is 4.74 Å². The molecule has 0 aliphatic carbocycles. The maximum Gasteiger partial charge on any atom is 0.193 e. The molecule has 90 valence electrons. The van der Waals surface area contributed by atoms with Crippen molar-refractivity contribution in [1.82, 2.24) is 0 Å². The molecular weight excluding hydrogens is 228 g/mol. The van der Waals surface area contributed by atoms with E-state index in [-0.39, 0.29) is 5.78 Å². The SMILES string of the molecule is COc1cc(C(=O)c2ccccc2)ccc1N=N. The zero-order chi connectivity index (χ0) is 13.0. The minimum absolute atomic E-state index is 0.0783. The molecule has 2 aromatic rings. The van der Waals surface area contributed by atoms with Crippen LogP contribution in [-0.4, -0.2) is 12.9 Å². The van der Waals surface area contributed by atoms with Crippen LogP contribution in [0, 0.1) is 5.53 Å². The summed E-state index contributed by atoms with van der Waals surface area (Å²) in [5.41, 5.74) is 8.53. The molecule has 0 fully saturated rings. The second kappa shape index (κ2) is 5.23. The molecule has 0 aliphatic heterocycles. The van der Waals surface area contributed by atoms with Gasteiger partial charge in [-0.1, -0.05) is 30.3 Å². The van der Waals surface area contributed by atoms with E-state index in [4.69, 9.17) is 10.3 Å². The lowest BCUT2D eigenvalue weighted by atomic mass is 10.0. The highest BCUT2D eigenvalue weighted by Gasteiger charge is 2.11. The lowest BCUT2D eigenvalue weighted by molar-refractivity contribution is 0.103. The maximum atomic E-state index is 12.2. The zero-order valence-corrected chi connectivity index (χ0v) is 9.88. The Morgan fingerprint density at radius 1 is 1.11 bits per heavy atom. The smallest absolute Gasteiger partial charge is 0.193 e. The van der Waals surface area contributed by atoms with Gasteiger partial charge in [0.25, 0.3) is 0 Å². The highest BCUT2D eigenvalue weighted by Crippen LogP contribution is 2.28. The summed E-state index contributed by atoms with van der Waals surface area (Å²) in [6.45, 7) is 0. The minimum Gasteiger partial charge on any atom is -0.494 e. The Morgan fingerprint density at radius 3 is 2.44 bits per heavy atom. The Bertz CT molecular complexity index is 580. The molecule has 1 N–H and O–H groups in total. The summed E-state index contributed by atoms with van der Waals surface area (Å²) in [4.78, 5) is 12.2. The van der Waals surface area contributed by atoms with Gasteiger partial charge in [0.05, 0.1) is 7.11 Å². The van der Waals surface area contributed by atoms with Crippen molar-refractivity contribution in [3.05, 3.63) is 59.7 Å². The van der Waals surface area contributed by atoms with Gasteiger partial charge in [-0.2, -0.15) is 5.11 Å². The van der Waals surface area contributed by atoms with Crippen LogP contribution in [0.3, 0.4) is 0 Å². The van der Waals surface area contributed by atoms with Crippen molar-refractivity contribution in [2.75, 3.05) is 7.11 Å². The zero-order valence-electron chi connectivity index (χ0n) is 9.88. The van der Waals surface area contributed by atoms with E-state index in [0.717, 1.165) is 0 Å². The largest absolute Gasteiger partial charge is 0.494 e. The minimum atomic E-state index is -0.0783. The summed E-state index contributed by atoms with van der Waals surface area (Å²) in [5, 5.41) is 3.33. The van der Waals surface area contributed by atoms with Crippen LogP contribution in [0.4, 0.5) is 5.69 Å². The predicted molar refractivity (Wildman–Crippen MR) is 67.7 cm³/mol. The van der Waals surface area contributed by atoms with E-state index < -0.39 is 0 Å². The van der Waals surface area contributed by atoms with E-state index >= 15 is 0 Å². The summed E-state index contributed by atoms with van der Waals surface area (Å²) in [6, 6.07) is 13.9. The van der Waals surface area contributed by atoms with Crippen molar-refractivity contribution in [3.63, 3.8) is 0 Å². The Kier molecular flexibility index (Phi) is 3.48. The number of nitrogens with one attached hydrogen (secondary N) is 1. The third kappa shape index (κ3) is 2.27. The number of benzene rings is 2. The summed E-state index contributed by atoms with van der Waals surface area (Å²) in [7, 11) is 1.49. The van der Waals surface area contributed by atoms with E-state index in [1.54, 1.807) is 30.3 Å². The van der Waals surface area contributed by atoms with E-state index in [1.807, 2.05) is 18.2 Å². The molecule has 2 aromatic carbocycles. The first-order valence-electron chi connectivity index (χ1n) is 5.41. The van der Waals surface area contributed by atoms with Crippen molar-refractivity contribution < 1.29 is 9.53 Å². The van der Waals surface area contributed by atoms with E-state index in [1.165, 1.54) is 7.11 Å². The van der Waals surface area contributed by atoms with Gasteiger partial charge in [-0.25, -0.2) is 5.53 Å². The van der Waals surface area contributed by atoms with Gasteiger partial charge >= 0.3 is 0 Å². The van der Waals surface area contributed by atoms with Crippen LogP contribution in [-0.2, 0) is 0 Å². The van der Waals surface area contributed by atoms with Crippen LogP contribution >= 0.6 is 0 Å². The molecule has 18 heavy (non-hydrogen) atoms. The Hall–Kier alpha value is -2.49. The first kappa shape index (κ1) is 12.0. The van der Waals surface area contributed by atoms with Crippen LogP contribution in [0.5, 0.6) is 5.75 Å². The second-order valence-electron chi connectivity index (χ2n) is 3.69. The molecule has 0 heterocycles. The van der Waals surface area contributed by atoms with Crippen molar-refractivity contribution in [3.8, 4) is 5.75 Å². The van der Waals surface area contributed by atoms with Crippen LogP contribution in [0.1, 0.15) is 15.9 Å². The standard InChI is InChI=1S/C14H12N2O2/c1-18-13-9-11(7-8-12(13)16-15)14(17)10-5-3-2-4-6-10/h2-9,15H,1H3. The molecule has 0 bridgehead atoms. The molecule has 0 atom stereocenters. The van der Waals surface area contributed by atoms with Crippen molar-refractivity contribution in [1.29, 1.82) is 5.53 Å². The molecule has 0 aromatic heterocycles. The number of ether oxygens (including phenoxy) is 1. The van der Waals surface area contributed by atoms with Crippen LogP contribution < -0.4 is 4.74 Å². The predicted octanol–water partition coefficient (Wildman–Crippen LogP) is 3.59.